The van der Waals surface area contributed by atoms with Crippen LogP contribution in [0.3, 0.4) is 0 Å². The topological polar surface area (TPSA) is 46.6 Å². The summed E-state index contributed by atoms with van der Waals surface area (Å²) in [5, 5.41) is 0. The number of benzene rings is 2. The lowest BCUT2D eigenvalue weighted by molar-refractivity contribution is 0.0250. The summed E-state index contributed by atoms with van der Waals surface area (Å²) in [6, 6.07) is 13.4. The molecule has 1 aliphatic heterocycles. The van der Waals surface area contributed by atoms with E-state index in [1.54, 1.807) is 24.3 Å². The van der Waals surface area contributed by atoms with Crippen molar-refractivity contribution in [2.45, 2.75) is 30.4 Å². The predicted octanol–water partition coefficient (Wildman–Crippen LogP) is 3.41. The lowest BCUT2D eigenvalue weighted by Crippen LogP contribution is -2.37. The van der Waals surface area contributed by atoms with Crippen LogP contribution in [0, 0.1) is 5.82 Å². The van der Waals surface area contributed by atoms with Crippen molar-refractivity contribution in [1.29, 1.82) is 0 Å². The monoisotopic (exact) mass is 363 g/mol. The normalized spacial score (nSPS) is 16.2. The Balaban J connectivity index is 1.58. The van der Waals surface area contributed by atoms with Gasteiger partial charge in [0.2, 0.25) is 0 Å². The summed E-state index contributed by atoms with van der Waals surface area (Å²) in [6.45, 7) is 1.96. The highest BCUT2D eigenvalue weighted by Gasteiger charge is 2.23. The Hall–Kier alpha value is -1.92. The summed E-state index contributed by atoms with van der Waals surface area (Å²) in [6.07, 6.45) is 3.04. The van der Waals surface area contributed by atoms with Gasteiger partial charge in [0.05, 0.1) is 23.3 Å². The summed E-state index contributed by atoms with van der Waals surface area (Å²) in [7, 11) is -3.25. The van der Waals surface area contributed by atoms with Crippen LogP contribution in [0.2, 0.25) is 0 Å². The second-order valence-corrected chi connectivity index (χ2v) is 8.35. The first-order chi connectivity index (χ1) is 11.9. The molecule has 1 aliphatic rings. The molecule has 4 nitrogen and oxygen atoms in total. The van der Waals surface area contributed by atoms with E-state index >= 15 is 0 Å². The molecule has 6 heteroatoms. The molecule has 0 radical (unpaired) electrons. The molecule has 0 spiro atoms. The summed E-state index contributed by atoms with van der Waals surface area (Å²) < 4.78 is 42.8. The largest absolute Gasteiger partial charge is 0.373 e. The zero-order chi connectivity index (χ0) is 17.9. The third-order valence-electron chi connectivity index (χ3n) is 4.45. The van der Waals surface area contributed by atoms with Crippen molar-refractivity contribution in [2.75, 3.05) is 24.2 Å². The summed E-state index contributed by atoms with van der Waals surface area (Å²) in [5.41, 5.74) is 1.72. The number of piperidine rings is 1. The number of nitrogens with zero attached hydrogens (tertiary/aromatic N) is 1. The highest BCUT2D eigenvalue weighted by atomic mass is 32.2. The second kappa shape index (κ2) is 7.54. The van der Waals surface area contributed by atoms with E-state index < -0.39 is 9.84 Å². The van der Waals surface area contributed by atoms with E-state index in [1.165, 1.54) is 18.4 Å². The second-order valence-electron chi connectivity index (χ2n) is 6.36. The van der Waals surface area contributed by atoms with Crippen LogP contribution in [0.4, 0.5) is 10.1 Å². The van der Waals surface area contributed by atoms with Gasteiger partial charge in [0, 0.05) is 19.3 Å². The molecule has 0 amide bonds. The van der Waals surface area contributed by atoms with Crippen molar-refractivity contribution in [2.24, 2.45) is 0 Å². The van der Waals surface area contributed by atoms with Gasteiger partial charge in [-0.25, -0.2) is 12.8 Å². The number of ether oxygens (including phenoxy) is 1. The van der Waals surface area contributed by atoms with Crippen LogP contribution >= 0.6 is 0 Å². The standard InChI is InChI=1S/C19H22FNO3S/c1-25(22,23)19-5-3-2-4-18(19)21-12-10-17(11-13-21)24-14-15-6-8-16(20)9-7-15/h2-9,17H,10-14H2,1H3. The quantitative estimate of drug-likeness (QED) is 0.817. The number of halogens is 1. The molecule has 0 N–H and O–H groups in total. The molecule has 1 heterocycles. The van der Waals surface area contributed by atoms with E-state index in [1.807, 2.05) is 12.1 Å². The van der Waals surface area contributed by atoms with Gasteiger partial charge in [0.15, 0.2) is 9.84 Å². The average molecular weight is 363 g/mol. The van der Waals surface area contributed by atoms with Gasteiger partial charge in [0.1, 0.15) is 5.82 Å². The molecule has 0 saturated carbocycles. The van der Waals surface area contributed by atoms with Crippen molar-refractivity contribution in [3.8, 4) is 0 Å². The molecule has 3 rings (SSSR count). The number of hydrogen-bond donors (Lipinski definition) is 0. The minimum absolute atomic E-state index is 0.131. The van der Waals surface area contributed by atoms with Crippen LogP contribution in [-0.4, -0.2) is 33.9 Å². The molecule has 0 aromatic heterocycles. The van der Waals surface area contributed by atoms with E-state index in [2.05, 4.69) is 4.90 Å². The van der Waals surface area contributed by atoms with E-state index in [0.717, 1.165) is 37.2 Å². The maximum absolute atomic E-state index is 12.9. The number of sulfone groups is 1. The number of para-hydroxylation sites is 1. The van der Waals surface area contributed by atoms with Crippen LogP contribution in [0.25, 0.3) is 0 Å². The first kappa shape index (κ1) is 17.9. The molecule has 1 fully saturated rings. The van der Waals surface area contributed by atoms with Gasteiger partial charge < -0.3 is 9.64 Å². The van der Waals surface area contributed by atoms with Crippen LogP contribution in [0.5, 0.6) is 0 Å². The Morgan fingerprint density at radius 2 is 1.72 bits per heavy atom. The number of anilines is 1. The SMILES string of the molecule is CS(=O)(=O)c1ccccc1N1CCC(OCc2ccc(F)cc2)CC1. The van der Waals surface area contributed by atoms with E-state index in [-0.39, 0.29) is 11.9 Å². The van der Waals surface area contributed by atoms with Crippen LogP contribution in [0.15, 0.2) is 53.4 Å². The van der Waals surface area contributed by atoms with Gasteiger partial charge in [-0.15, -0.1) is 0 Å². The van der Waals surface area contributed by atoms with E-state index in [0.29, 0.717) is 11.5 Å². The Bertz CT molecular complexity index is 813. The average Bonchev–Trinajstić information content (AvgIpc) is 2.61. The van der Waals surface area contributed by atoms with Gasteiger partial charge >= 0.3 is 0 Å². The van der Waals surface area contributed by atoms with Crippen LogP contribution < -0.4 is 4.90 Å². The van der Waals surface area contributed by atoms with Crippen molar-refractivity contribution >= 4 is 15.5 Å². The fraction of sp³-hybridized carbons (Fsp3) is 0.368. The maximum atomic E-state index is 12.9. The van der Waals surface area contributed by atoms with Crippen molar-refractivity contribution in [3.63, 3.8) is 0 Å². The third kappa shape index (κ3) is 4.58. The molecule has 134 valence electrons. The van der Waals surface area contributed by atoms with Gasteiger partial charge in [-0.1, -0.05) is 24.3 Å². The van der Waals surface area contributed by atoms with Crippen LogP contribution in [-0.2, 0) is 21.2 Å². The Morgan fingerprint density at radius 3 is 2.36 bits per heavy atom. The molecule has 0 aliphatic carbocycles. The third-order valence-corrected chi connectivity index (χ3v) is 5.59. The predicted molar refractivity (Wildman–Crippen MR) is 96.0 cm³/mol. The zero-order valence-corrected chi connectivity index (χ0v) is 15.0. The lowest BCUT2D eigenvalue weighted by Gasteiger charge is -2.34. The minimum atomic E-state index is -3.25. The van der Waals surface area contributed by atoms with Crippen molar-refractivity contribution in [1.82, 2.24) is 0 Å². The Labute approximate surface area is 148 Å². The molecular formula is C19H22FNO3S. The highest BCUT2D eigenvalue weighted by Crippen LogP contribution is 2.28. The van der Waals surface area contributed by atoms with Gasteiger partial charge in [0.25, 0.3) is 0 Å². The van der Waals surface area contributed by atoms with Crippen molar-refractivity contribution < 1.29 is 17.5 Å². The molecule has 0 unspecified atom stereocenters. The summed E-state index contributed by atoms with van der Waals surface area (Å²) in [4.78, 5) is 2.48. The fourth-order valence-corrected chi connectivity index (χ4v) is 3.99. The van der Waals surface area contributed by atoms with Gasteiger partial charge in [-0.3, -0.25) is 0 Å². The minimum Gasteiger partial charge on any atom is -0.373 e. The molecular weight excluding hydrogens is 341 g/mol. The maximum Gasteiger partial charge on any atom is 0.177 e. The first-order valence-corrected chi connectivity index (χ1v) is 10.2. The van der Waals surface area contributed by atoms with Crippen molar-refractivity contribution in [3.05, 3.63) is 59.9 Å². The zero-order valence-electron chi connectivity index (χ0n) is 14.2. The molecule has 0 atom stereocenters. The molecule has 2 aromatic rings. The number of hydrogen-bond acceptors (Lipinski definition) is 4. The Kier molecular flexibility index (Phi) is 5.39. The van der Waals surface area contributed by atoms with E-state index in [4.69, 9.17) is 4.74 Å². The fourth-order valence-electron chi connectivity index (χ4n) is 3.09. The summed E-state index contributed by atoms with van der Waals surface area (Å²) >= 11 is 0. The molecule has 1 saturated heterocycles. The van der Waals surface area contributed by atoms with Gasteiger partial charge in [-0.05, 0) is 42.7 Å². The molecule has 2 aromatic carbocycles. The van der Waals surface area contributed by atoms with Gasteiger partial charge in [-0.2, -0.15) is 0 Å². The number of rotatable bonds is 5. The molecule has 0 bridgehead atoms. The highest BCUT2D eigenvalue weighted by molar-refractivity contribution is 7.90. The molecule has 25 heavy (non-hydrogen) atoms. The lowest BCUT2D eigenvalue weighted by atomic mass is 10.1. The smallest absolute Gasteiger partial charge is 0.177 e. The van der Waals surface area contributed by atoms with Crippen LogP contribution in [0.1, 0.15) is 18.4 Å². The summed E-state index contributed by atoms with van der Waals surface area (Å²) in [5.74, 6) is -0.249. The Morgan fingerprint density at radius 1 is 1.08 bits per heavy atom. The van der Waals surface area contributed by atoms with E-state index in [9.17, 15) is 12.8 Å². The first-order valence-electron chi connectivity index (χ1n) is 8.33.